The number of furan rings is 1. The van der Waals surface area contributed by atoms with Gasteiger partial charge in [-0.15, -0.1) is 0 Å². The Morgan fingerprint density at radius 1 is 1.36 bits per heavy atom. The molecule has 0 fully saturated rings. The minimum Gasteiger partial charge on any atom is -0.472 e. The molecular formula is C14H13N3O4S. The van der Waals surface area contributed by atoms with Gasteiger partial charge < -0.3 is 9.73 Å². The Morgan fingerprint density at radius 2 is 2.18 bits per heavy atom. The zero-order valence-corrected chi connectivity index (χ0v) is 12.5. The number of sulfone groups is 1. The fourth-order valence-electron chi connectivity index (χ4n) is 2.10. The average molecular weight is 319 g/mol. The topological polar surface area (TPSA) is 93.7 Å². The van der Waals surface area contributed by atoms with E-state index in [-0.39, 0.29) is 17.4 Å². The summed E-state index contributed by atoms with van der Waals surface area (Å²) in [4.78, 5) is 16.3. The Kier molecular flexibility index (Phi) is 3.45. The molecule has 0 atom stereocenters. The summed E-state index contributed by atoms with van der Waals surface area (Å²) in [7, 11) is -3.54. The second kappa shape index (κ2) is 5.30. The van der Waals surface area contributed by atoms with Gasteiger partial charge in [-0.25, -0.2) is 13.4 Å². The Balaban J connectivity index is 1.98. The molecular weight excluding hydrogens is 306 g/mol. The highest BCUT2D eigenvalue weighted by Gasteiger charge is 2.22. The molecule has 0 aromatic carbocycles. The number of carbonyl (C=O) groups excluding carboxylic acids is 1. The third-order valence-corrected chi connectivity index (χ3v) is 4.05. The van der Waals surface area contributed by atoms with Crippen LogP contribution in [-0.2, 0) is 16.4 Å². The van der Waals surface area contributed by atoms with Crippen molar-refractivity contribution in [2.45, 2.75) is 11.7 Å². The predicted molar refractivity (Wildman–Crippen MR) is 78.2 cm³/mol. The molecule has 7 nitrogen and oxygen atoms in total. The molecule has 0 saturated carbocycles. The Labute approximate surface area is 126 Å². The highest BCUT2D eigenvalue weighted by atomic mass is 32.2. The van der Waals surface area contributed by atoms with Crippen LogP contribution in [0.4, 0.5) is 0 Å². The Bertz CT molecular complexity index is 926. The maximum Gasteiger partial charge on any atom is 0.272 e. The normalized spacial score (nSPS) is 11.7. The van der Waals surface area contributed by atoms with Crippen molar-refractivity contribution in [3.05, 3.63) is 54.2 Å². The first-order chi connectivity index (χ1) is 10.5. The van der Waals surface area contributed by atoms with Crippen LogP contribution in [0.2, 0.25) is 0 Å². The number of imidazole rings is 1. The Hall–Kier alpha value is -2.61. The summed E-state index contributed by atoms with van der Waals surface area (Å²) in [6.07, 6.45) is 5.65. The lowest BCUT2D eigenvalue weighted by Crippen LogP contribution is -2.23. The quantitative estimate of drug-likeness (QED) is 0.781. The smallest absolute Gasteiger partial charge is 0.272 e. The summed E-state index contributed by atoms with van der Waals surface area (Å²) >= 11 is 0. The molecule has 3 aromatic heterocycles. The maximum absolute atomic E-state index is 12.3. The van der Waals surface area contributed by atoms with Gasteiger partial charge in [0.2, 0.25) is 15.0 Å². The number of nitrogens with one attached hydrogen (secondary N) is 1. The van der Waals surface area contributed by atoms with Crippen LogP contribution in [0.15, 0.2) is 52.6 Å². The van der Waals surface area contributed by atoms with Gasteiger partial charge in [0.05, 0.1) is 18.0 Å². The van der Waals surface area contributed by atoms with Crippen LogP contribution in [0.1, 0.15) is 16.1 Å². The van der Waals surface area contributed by atoms with E-state index in [2.05, 4.69) is 10.3 Å². The van der Waals surface area contributed by atoms with Gasteiger partial charge in [-0.1, -0.05) is 6.07 Å². The molecule has 1 N–H and O–H groups in total. The number of carbonyl (C=O) groups is 1. The first-order valence-electron chi connectivity index (χ1n) is 6.43. The molecule has 114 valence electrons. The maximum atomic E-state index is 12.3. The summed E-state index contributed by atoms with van der Waals surface area (Å²) in [6.45, 7) is 0.273. The zero-order valence-electron chi connectivity index (χ0n) is 11.7. The highest BCUT2D eigenvalue weighted by molar-refractivity contribution is 7.90. The van der Waals surface area contributed by atoms with Crippen molar-refractivity contribution in [3.63, 3.8) is 0 Å². The van der Waals surface area contributed by atoms with Crippen molar-refractivity contribution in [2.75, 3.05) is 6.26 Å². The van der Waals surface area contributed by atoms with Gasteiger partial charge in [0.25, 0.3) is 5.91 Å². The van der Waals surface area contributed by atoms with E-state index in [4.69, 9.17) is 4.42 Å². The fourth-order valence-corrected chi connectivity index (χ4v) is 2.87. The Morgan fingerprint density at radius 3 is 2.86 bits per heavy atom. The van der Waals surface area contributed by atoms with Crippen LogP contribution < -0.4 is 5.32 Å². The average Bonchev–Trinajstić information content (AvgIpc) is 3.11. The minimum absolute atomic E-state index is 0.0736. The van der Waals surface area contributed by atoms with Gasteiger partial charge in [0, 0.05) is 24.6 Å². The largest absolute Gasteiger partial charge is 0.472 e. The van der Waals surface area contributed by atoms with E-state index in [1.807, 2.05) is 0 Å². The molecule has 0 spiro atoms. The molecule has 3 heterocycles. The molecule has 1 amide bonds. The molecule has 22 heavy (non-hydrogen) atoms. The third-order valence-electron chi connectivity index (χ3n) is 3.10. The fraction of sp³-hybridized carbons (Fsp3) is 0.143. The standard InChI is InChI=1S/C14H13N3O4S/c1-22(19,20)14-16-12(11-4-2-3-6-17(11)14)13(18)15-8-10-5-7-21-9-10/h2-7,9H,8H2,1H3,(H,15,18). The second-order valence-corrected chi connectivity index (χ2v) is 6.69. The number of rotatable bonds is 4. The molecule has 0 aliphatic rings. The molecule has 0 aliphatic carbocycles. The van der Waals surface area contributed by atoms with Gasteiger partial charge in [-0.2, -0.15) is 0 Å². The number of hydrogen-bond acceptors (Lipinski definition) is 5. The first-order valence-corrected chi connectivity index (χ1v) is 8.32. The monoisotopic (exact) mass is 319 g/mol. The van der Waals surface area contributed by atoms with Crippen LogP contribution >= 0.6 is 0 Å². The van der Waals surface area contributed by atoms with E-state index in [0.717, 1.165) is 11.8 Å². The van der Waals surface area contributed by atoms with E-state index in [0.29, 0.717) is 5.52 Å². The van der Waals surface area contributed by atoms with E-state index in [1.165, 1.54) is 16.9 Å². The number of aromatic nitrogens is 2. The number of fused-ring (bicyclic) bond motifs is 1. The van der Waals surface area contributed by atoms with Crippen LogP contribution in [0.3, 0.4) is 0 Å². The molecule has 0 saturated heterocycles. The third kappa shape index (κ3) is 2.60. The summed E-state index contributed by atoms with van der Waals surface area (Å²) in [6, 6.07) is 6.77. The number of nitrogens with zero attached hydrogens (tertiary/aromatic N) is 2. The second-order valence-electron chi connectivity index (χ2n) is 4.79. The van der Waals surface area contributed by atoms with Crippen molar-refractivity contribution >= 4 is 21.3 Å². The predicted octanol–water partition coefficient (Wildman–Crippen LogP) is 1.26. The lowest BCUT2D eigenvalue weighted by atomic mass is 10.3. The lowest BCUT2D eigenvalue weighted by molar-refractivity contribution is 0.0947. The van der Waals surface area contributed by atoms with E-state index in [1.54, 1.807) is 30.5 Å². The van der Waals surface area contributed by atoms with Crippen molar-refractivity contribution < 1.29 is 17.6 Å². The summed E-state index contributed by atoms with van der Waals surface area (Å²) in [5.74, 6) is -0.445. The highest BCUT2D eigenvalue weighted by Crippen LogP contribution is 2.17. The van der Waals surface area contributed by atoms with Gasteiger partial charge in [-0.05, 0) is 18.2 Å². The van der Waals surface area contributed by atoms with Gasteiger partial charge >= 0.3 is 0 Å². The molecule has 8 heteroatoms. The van der Waals surface area contributed by atoms with E-state index >= 15 is 0 Å². The van der Waals surface area contributed by atoms with Gasteiger partial charge in [0.1, 0.15) is 0 Å². The van der Waals surface area contributed by atoms with Crippen LogP contribution in [0, 0.1) is 0 Å². The van der Waals surface area contributed by atoms with E-state index < -0.39 is 15.7 Å². The summed E-state index contributed by atoms with van der Waals surface area (Å²) in [5, 5.41) is 2.53. The number of pyridine rings is 1. The molecule has 3 aromatic rings. The summed E-state index contributed by atoms with van der Waals surface area (Å²) < 4.78 is 29.9. The van der Waals surface area contributed by atoms with Crippen molar-refractivity contribution in [2.24, 2.45) is 0 Å². The van der Waals surface area contributed by atoms with Crippen LogP contribution in [0.5, 0.6) is 0 Å². The lowest BCUT2D eigenvalue weighted by Gasteiger charge is -2.01. The van der Waals surface area contributed by atoms with Gasteiger partial charge in [0.15, 0.2) is 5.69 Å². The van der Waals surface area contributed by atoms with Gasteiger partial charge in [-0.3, -0.25) is 9.20 Å². The number of amides is 1. The summed E-state index contributed by atoms with van der Waals surface area (Å²) in [5.41, 5.74) is 1.32. The first kappa shape index (κ1) is 14.3. The molecule has 0 bridgehead atoms. The molecule has 0 radical (unpaired) electrons. The molecule has 3 rings (SSSR count). The SMILES string of the molecule is CS(=O)(=O)c1nc(C(=O)NCc2ccoc2)c2ccccn12. The molecule has 0 aliphatic heterocycles. The van der Waals surface area contributed by atoms with Crippen molar-refractivity contribution in [3.8, 4) is 0 Å². The van der Waals surface area contributed by atoms with E-state index in [9.17, 15) is 13.2 Å². The minimum atomic E-state index is -3.54. The molecule has 0 unspecified atom stereocenters. The van der Waals surface area contributed by atoms with Crippen LogP contribution in [0.25, 0.3) is 5.52 Å². The van der Waals surface area contributed by atoms with Crippen LogP contribution in [-0.4, -0.2) is 30.0 Å². The van der Waals surface area contributed by atoms with Crippen molar-refractivity contribution in [1.29, 1.82) is 0 Å². The zero-order chi connectivity index (χ0) is 15.7. The number of hydrogen-bond donors (Lipinski definition) is 1. The van der Waals surface area contributed by atoms with Crippen molar-refractivity contribution in [1.82, 2.24) is 14.7 Å².